The van der Waals surface area contributed by atoms with Crippen molar-refractivity contribution >= 4 is 23.3 Å². The molecule has 0 fully saturated rings. The average Bonchev–Trinajstić information content (AvgIpc) is 2.49. The zero-order valence-electron chi connectivity index (χ0n) is 11.2. The fourth-order valence-electron chi connectivity index (χ4n) is 1.84. The maximum absolute atomic E-state index is 6.00. The molecule has 7 heteroatoms. The normalized spacial score (nSPS) is 11.2. The lowest BCUT2D eigenvalue weighted by atomic mass is 10.1. The van der Waals surface area contributed by atoms with E-state index in [1.54, 1.807) is 18.3 Å². The Bertz CT molecular complexity index is 698. The fraction of sp³-hybridized carbons (Fsp3) is 0. The number of rotatable bonds is 3. The molecular weight excluding hydrogens is 288 g/mol. The number of aromatic nitrogens is 1. The molecule has 1 heterocycles. The van der Waals surface area contributed by atoms with Gasteiger partial charge in [-0.05, 0) is 23.8 Å². The smallest absolute Gasteiger partial charge is 0.177 e. The molecule has 2 aromatic rings. The topological polar surface area (TPSA) is 107 Å². The third kappa shape index (κ3) is 3.13. The monoisotopic (exact) mass is 302 g/mol. The van der Waals surface area contributed by atoms with E-state index in [4.69, 9.17) is 29.0 Å². The summed E-state index contributed by atoms with van der Waals surface area (Å²) in [5.41, 5.74) is 8.11. The number of hydrogen-bond acceptors (Lipinski definition) is 5. The molecule has 6 nitrogen and oxygen atoms in total. The van der Waals surface area contributed by atoms with Gasteiger partial charge in [-0.1, -0.05) is 30.3 Å². The SMILES string of the molecule is C=CN(N)/C(=N\N)c1cc(-c2cccc(Cl)c2)cnc1N. The van der Waals surface area contributed by atoms with E-state index in [2.05, 4.69) is 16.7 Å². The van der Waals surface area contributed by atoms with Gasteiger partial charge in [-0.25, -0.2) is 10.8 Å². The van der Waals surface area contributed by atoms with Crippen molar-refractivity contribution in [3.05, 3.63) is 59.9 Å². The van der Waals surface area contributed by atoms with Crippen molar-refractivity contribution in [1.82, 2.24) is 9.99 Å². The number of nitrogens with two attached hydrogens (primary N) is 3. The number of anilines is 1. The molecule has 0 saturated carbocycles. The highest BCUT2D eigenvalue weighted by Crippen LogP contribution is 2.25. The second-order valence-electron chi connectivity index (χ2n) is 4.21. The van der Waals surface area contributed by atoms with Crippen molar-refractivity contribution in [2.45, 2.75) is 0 Å². The molecule has 0 unspecified atom stereocenters. The van der Waals surface area contributed by atoms with Crippen molar-refractivity contribution in [2.24, 2.45) is 16.8 Å². The summed E-state index contributed by atoms with van der Waals surface area (Å²) in [6, 6.07) is 9.18. The predicted molar refractivity (Wildman–Crippen MR) is 86.0 cm³/mol. The number of pyridine rings is 1. The highest BCUT2D eigenvalue weighted by Gasteiger charge is 2.14. The van der Waals surface area contributed by atoms with Crippen molar-refractivity contribution in [3.63, 3.8) is 0 Å². The molecule has 0 aliphatic carbocycles. The van der Waals surface area contributed by atoms with E-state index in [1.165, 1.54) is 11.2 Å². The lowest BCUT2D eigenvalue weighted by molar-refractivity contribution is 0.596. The molecule has 1 aromatic carbocycles. The van der Waals surface area contributed by atoms with Crippen LogP contribution in [0.25, 0.3) is 11.1 Å². The van der Waals surface area contributed by atoms with Crippen molar-refractivity contribution < 1.29 is 0 Å². The average molecular weight is 303 g/mol. The second-order valence-corrected chi connectivity index (χ2v) is 4.65. The Hall–Kier alpha value is -2.57. The van der Waals surface area contributed by atoms with Crippen LogP contribution in [0.3, 0.4) is 0 Å². The molecule has 21 heavy (non-hydrogen) atoms. The Morgan fingerprint density at radius 2 is 2.10 bits per heavy atom. The van der Waals surface area contributed by atoms with E-state index in [-0.39, 0.29) is 11.7 Å². The zero-order valence-corrected chi connectivity index (χ0v) is 12.0. The molecule has 6 N–H and O–H groups in total. The maximum Gasteiger partial charge on any atom is 0.177 e. The van der Waals surface area contributed by atoms with Gasteiger partial charge >= 0.3 is 0 Å². The molecule has 1 aromatic heterocycles. The van der Waals surface area contributed by atoms with E-state index < -0.39 is 0 Å². The third-order valence-corrected chi connectivity index (χ3v) is 3.12. The highest BCUT2D eigenvalue weighted by molar-refractivity contribution is 6.30. The highest BCUT2D eigenvalue weighted by atomic mass is 35.5. The van der Waals surface area contributed by atoms with Gasteiger partial charge in [0.1, 0.15) is 5.82 Å². The van der Waals surface area contributed by atoms with Crippen LogP contribution in [0.15, 0.2) is 54.4 Å². The summed E-state index contributed by atoms with van der Waals surface area (Å²) in [7, 11) is 0. The number of hydrazine groups is 1. The predicted octanol–water partition coefficient (Wildman–Crippen LogP) is 1.92. The van der Waals surface area contributed by atoms with Gasteiger partial charge in [-0.15, -0.1) is 0 Å². The standard InChI is InChI=1S/C14H15ClN6/c1-2-21(18)14(20-17)12-7-10(8-19-13(12)16)9-4-3-5-11(15)6-9/h2-8H,1,17-18H2,(H2,16,19)/b20-14-. The van der Waals surface area contributed by atoms with Gasteiger partial charge in [0, 0.05) is 23.0 Å². The first-order chi connectivity index (χ1) is 10.1. The number of hydrogen-bond donors (Lipinski definition) is 3. The summed E-state index contributed by atoms with van der Waals surface area (Å²) < 4.78 is 0. The minimum absolute atomic E-state index is 0.263. The molecule has 0 bridgehead atoms. The summed E-state index contributed by atoms with van der Waals surface area (Å²) in [4.78, 5) is 4.15. The molecule has 108 valence electrons. The first-order valence-electron chi connectivity index (χ1n) is 6.03. The number of halogens is 1. The molecule has 0 saturated heterocycles. The van der Waals surface area contributed by atoms with Crippen LogP contribution in [0.2, 0.25) is 5.02 Å². The largest absolute Gasteiger partial charge is 0.383 e. The number of hydrazone groups is 1. The Labute approximate surface area is 127 Å². The quantitative estimate of drug-likeness (QED) is 0.347. The Kier molecular flexibility index (Phi) is 4.42. The molecule has 0 aliphatic heterocycles. The van der Waals surface area contributed by atoms with Crippen LogP contribution in [-0.2, 0) is 0 Å². The minimum atomic E-state index is 0.263. The van der Waals surface area contributed by atoms with Crippen LogP contribution in [0.1, 0.15) is 5.56 Å². The maximum atomic E-state index is 6.00. The summed E-state index contributed by atoms with van der Waals surface area (Å²) in [5, 5.41) is 5.45. The van der Waals surface area contributed by atoms with Crippen LogP contribution in [0, 0.1) is 0 Å². The van der Waals surface area contributed by atoms with Crippen molar-refractivity contribution in [2.75, 3.05) is 5.73 Å². The number of nitrogens with zero attached hydrogens (tertiary/aromatic N) is 3. The van der Waals surface area contributed by atoms with Gasteiger partial charge < -0.3 is 11.6 Å². The Balaban J connectivity index is 2.54. The van der Waals surface area contributed by atoms with Crippen LogP contribution in [-0.4, -0.2) is 15.8 Å². The minimum Gasteiger partial charge on any atom is -0.383 e. The van der Waals surface area contributed by atoms with Crippen LogP contribution < -0.4 is 17.4 Å². The number of nitrogen functional groups attached to an aromatic ring is 1. The summed E-state index contributed by atoms with van der Waals surface area (Å²) in [5.74, 6) is 11.6. The molecular formula is C14H15ClN6. The first-order valence-corrected chi connectivity index (χ1v) is 6.40. The molecule has 0 aliphatic rings. The summed E-state index contributed by atoms with van der Waals surface area (Å²) in [6.07, 6.45) is 3.02. The van der Waals surface area contributed by atoms with Gasteiger partial charge in [0.05, 0.1) is 5.56 Å². The molecule has 0 atom stereocenters. The summed E-state index contributed by atoms with van der Waals surface area (Å²) >= 11 is 6.00. The molecule has 0 spiro atoms. The van der Waals surface area contributed by atoms with Crippen molar-refractivity contribution in [1.29, 1.82) is 0 Å². The zero-order chi connectivity index (χ0) is 15.4. The lowest BCUT2D eigenvalue weighted by Gasteiger charge is -2.17. The summed E-state index contributed by atoms with van der Waals surface area (Å²) in [6.45, 7) is 3.56. The van der Waals surface area contributed by atoms with Gasteiger partial charge in [0.15, 0.2) is 5.84 Å². The fourth-order valence-corrected chi connectivity index (χ4v) is 2.03. The van der Waals surface area contributed by atoms with Gasteiger partial charge in [-0.3, -0.25) is 5.01 Å². The van der Waals surface area contributed by atoms with E-state index in [9.17, 15) is 0 Å². The Morgan fingerprint density at radius 3 is 2.71 bits per heavy atom. The van der Waals surface area contributed by atoms with Crippen LogP contribution in [0.5, 0.6) is 0 Å². The van der Waals surface area contributed by atoms with E-state index in [0.29, 0.717) is 10.6 Å². The van der Waals surface area contributed by atoms with Gasteiger partial charge in [0.25, 0.3) is 0 Å². The molecule has 0 amide bonds. The van der Waals surface area contributed by atoms with Gasteiger partial charge in [-0.2, -0.15) is 5.10 Å². The van der Waals surface area contributed by atoms with Crippen LogP contribution in [0.4, 0.5) is 5.82 Å². The van der Waals surface area contributed by atoms with Crippen LogP contribution >= 0.6 is 11.6 Å². The number of benzene rings is 1. The van der Waals surface area contributed by atoms with Gasteiger partial charge in [0.2, 0.25) is 0 Å². The number of amidine groups is 1. The Morgan fingerprint density at radius 1 is 1.33 bits per heavy atom. The lowest BCUT2D eigenvalue weighted by Crippen LogP contribution is -2.34. The van der Waals surface area contributed by atoms with E-state index in [0.717, 1.165) is 11.1 Å². The van der Waals surface area contributed by atoms with Crippen molar-refractivity contribution in [3.8, 4) is 11.1 Å². The van der Waals surface area contributed by atoms with E-state index in [1.807, 2.05) is 18.2 Å². The third-order valence-electron chi connectivity index (χ3n) is 2.88. The second kappa shape index (κ2) is 6.25. The molecule has 0 radical (unpaired) electrons. The first kappa shape index (κ1) is 14.8. The molecule has 2 rings (SSSR count). The van der Waals surface area contributed by atoms with E-state index >= 15 is 0 Å².